The summed E-state index contributed by atoms with van der Waals surface area (Å²) in [6.07, 6.45) is 1.17. The number of ether oxygens (including phenoxy) is 2. The Morgan fingerprint density at radius 2 is 1.57 bits per heavy atom. The third kappa shape index (κ3) is 10.4. The van der Waals surface area contributed by atoms with Crippen LogP contribution in [0.5, 0.6) is 0 Å². The van der Waals surface area contributed by atoms with Crippen LogP contribution in [0, 0.1) is 6.92 Å². The minimum absolute atomic E-state index is 0.0200. The van der Waals surface area contributed by atoms with Crippen molar-refractivity contribution in [2.45, 2.75) is 92.1 Å². The van der Waals surface area contributed by atoms with E-state index in [1.807, 2.05) is 0 Å². The standard InChI is InChI=1S/C28H51N4O9P/c1-7-31(8-2,9-3)17-14-18-32(10-4,11-5)16-13-12-15-26(33)41-23-19-25(40-24(23)21-39-42(36,37)38)30-20-22(6)27(34)29-28(30)35/h20,23-25H,7-19,21H2,1-6H3,(H-2,29,34,35,36,37,38). The van der Waals surface area contributed by atoms with E-state index in [1.54, 1.807) is 0 Å². The molecule has 0 bridgehead atoms. The van der Waals surface area contributed by atoms with Gasteiger partial charge in [-0.05, 0) is 54.4 Å². The zero-order valence-electron chi connectivity index (χ0n) is 26.2. The summed E-state index contributed by atoms with van der Waals surface area (Å²) >= 11 is 0. The molecule has 1 aromatic heterocycles. The van der Waals surface area contributed by atoms with Crippen LogP contribution >= 0.6 is 7.82 Å². The minimum atomic E-state index is -5.30. The fraction of sp³-hybridized carbons (Fsp3) is 0.821. The number of nitrogens with zero attached hydrogens (tertiary/aromatic N) is 3. The lowest BCUT2D eigenvalue weighted by Crippen LogP contribution is -2.52. The molecule has 1 aromatic rings. The van der Waals surface area contributed by atoms with E-state index in [0.717, 1.165) is 72.2 Å². The lowest BCUT2D eigenvalue weighted by molar-refractivity contribution is -0.942. The van der Waals surface area contributed by atoms with Crippen molar-refractivity contribution in [3.05, 3.63) is 32.6 Å². The minimum Gasteiger partial charge on any atom is -0.790 e. The first kappa shape index (κ1) is 36.3. The van der Waals surface area contributed by atoms with Crippen LogP contribution in [0.2, 0.25) is 0 Å². The van der Waals surface area contributed by atoms with Gasteiger partial charge >= 0.3 is 11.7 Å². The van der Waals surface area contributed by atoms with Crippen molar-refractivity contribution >= 4 is 13.8 Å². The summed E-state index contributed by atoms with van der Waals surface area (Å²) in [6.45, 7) is 20.8. The Morgan fingerprint density at radius 1 is 1.00 bits per heavy atom. The van der Waals surface area contributed by atoms with E-state index in [2.05, 4.69) is 44.1 Å². The molecule has 3 unspecified atom stereocenters. The van der Waals surface area contributed by atoms with Crippen LogP contribution in [0.25, 0.3) is 0 Å². The Balaban J connectivity index is 1.96. The Kier molecular flexibility index (Phi) is 14.1. The first-order valence-corrected chi connectivity index (χ1v) is 16.8. The molecule has 2 heterocycles. The van der Waals surface area contributed by atoms with E-state index < -0.39 is 50.1 Å². The van der Waals surface area contributed by atoms with E-state index in [1.165, 1.54) is 19.7 Å². The van der Waals surface area contributed by atoms with Gasteiger partial charge in [-0.15, -0.1) is 0 Å². The predicted octanol–water partition coefficient (Wildman–Crippen LogP) is 1.18. The number of phosphoric acid groups is 1. The smallest absolute Gasteiger partial charge is 0.330 e. The number of aryl methyl sites for hydroxylation is 1. The first-order valence-electron chi connectivity index (χ1n) is 15.3. The monoisotopic (exact) mass is 618 g/mol. The van der Waals surface area contributed by atoms with E-state index in [0.29, 0.717) is 6.42 Å². The maximum absolute atomic E-state index is 12.8. The molecule has 42 heavy (non-hydrogen) atoms. The Labute approximate surface area is 249 Å². The molecule has 0 radical (unpaired) electrons. The van der Waals surface area contributed by atoms with Gasteiger partial charge in [0.05, 0.1) is 66.8 Å². The normalized spacial score (nSPS) is 19.8. The van der Waals surface area contributed by atoms with Crippen molar-refractivity contribution in [1.29, 1.82) is 0 Å². The number of phosphoric ester groups is 1. The topological polar surface area (TPSA) is 163 Å². The Bertz CT molecular complexity index is 1150. The molecule has 14 heteroatoms. The van der Waals surface area contributed by atoms with Gasteiger partial charge in [0.1, 0.15) is 18.4 Å². The average molecular weight is 619 g/mol. The van der Waals surface area contributed by atoms with Crippen LogP contribution in [0.15, 0.2) is 15.8 Å². The van der Waals surface area contributed by atoms with Gasteiger partial charge in [0, 0.05) is 31.0 Å². The average Bonchev–Trinajstić information content (AvgIpc) is 3.35. The van der Waals surface area contributed by atoms with Crippen LogP contribution in [-0.4, -0.2) is 95.7 Å². The van der Waals surface area contributed by atoms with Gasteiger partial charge in [-0.2, -0.15) is 0 Å². The van der Waals surface area contributed by atoms with Gasteiger partial charge in [0.25, 0.3) is 5.56 Å². The molecule has 2 rings (SSSR count). The summed E-state index contributed by atoms with van der Waals surface area (Å²) in [7, 11) is -5.30. The molecule has 0 aromatic carbocycles. The number of quaternary nitrogens is 2. The third-order valence-electron chi connectivity index (χ3n) is 9.20. The highest BCUT2D eigenvalue weighted by Crippen LogP contribution is 2.34. The van der Waals surface area contributed by atoms with Crippen molar-refractivity contribution < 1.29 is 42.1 Å². The molecule has 3 atom stereocenters. The van der Waals surface area contributed by atoms with E-state index in [9.17, 15) is 28.7 Å². The number of carbonyl (C=O) groups is 1. The molecule has 1 fully saturated rings. The number of esters is 1. The molecule has 1 aliphatic heterocycles. The van der Waals surface area contributed by atoms with E-state index in [-0.39, 0.29) is 18.4 Å². The molecule has 1 saturated heterocycles. The number of aromatic nitrogens is 2. The number of unbranched alkanes of at least 4 members (excludes halogenated alkanes) is 1. The number of H-pyrrole nitrogens is 1. The zero-order chi connectivity index (χ0) is 31.6. The summed E-state index contributed by atoms with van der Waals surface area (Å²) in [5.74, 6) is -0.478. The van der Waals surface area contributed by atoms with Gasteiger partial charge < -0.3 is 37.3 Å². The highest BCUT2D eigenvalue weighted by atomic mass is 31.2. The van der Waals surface area contributed by atoms with Crippen molar-refractivity contribution in [3.63, 3.8) is 0 Å². The summed E-state index contributed by atoms with van der Waals surface area (Å²) in [5.41, 5.74) is -0.999. The fourth-order valence-corrected chi connectivity index (χ4v) is 6.24. The summed E-state index contributed by atoms with van der Waals surface area (Å²) < 4.78 is 30.1. The van der Waals surface area contributed by atoms with Crippen LogP contribution in [0.1, 0.15) is 78.5 Å². The second-order valence-corrected chi connectivity index (χ2v) is 12.5. The van der Waals surface area contributed by atoms with Crippen molar-refractivity contribution in [3.8, 4) is 0 Å². The van der Waals surface area contributed by atoms with Crippen LogP contribution < -0.4 is 21.0 Å². The molecule has 0 spiro atoms. The summed E-state index contributed by atoms with van der Waals surface area (Å²) in [5, 5.41) is 0. The molecule has 242 valence electrons. The fourth-order valence-electron chi connectivity index (χ4n) is 5.91. The van der Waals surface area contributed by atoms with Gasteiger partial charge in [-0.3, -0.25) is 19.1 Å². The van der Waals surface area contributed by atoms with Crippen molar-refractivity contribution in [2.75, 3.05) is 59.0 Å². The van der Waals surface area contributed by atoms with Gasteiger partial charge in [-0.25, -0.2) is 4.79 Å². The van der Waals surface area contributed by atoms with E-state index >= 15 is 0 Å². The number of hydrogen-bond donors (Lipinski definition) is 1. The maximum Gasteiger partial charge on any atom is 0.330 e. The summed E-state index contributed by atoms with van der Waals surface area (Å²) in [6, 6.07) is 0. The van der Waals surface area contributed by atoms with Crippen LogP contribution in [-0.2, 0) is 23.4 Å². The van der Waals surface area contributed by atoms with Gasteiger partial charge in [0.2, 0.25) is 0 Å². The molecule has 13 nitrogen and oxygen atoms in total. The number of carbonyl (C=O) groups excluding carboxylic acids is 1. The molecule has 1 aliphatic rings. The first-order chi connectivity index (χ1) is 19.8. The molecule has 1 N–H and O–H groups in total. The van der Waals surface area contributed by atoms with Crippen molar-refractivity contribution in [1.82, 2.24) is 9.55 Å². The van der Waals surface area contributed by atoms with Crippen molar-refractivity contribution in [2.24, 2.45) is 0 Å². The largest absolute Gasteiger partial charge is 0.790 e. The molecule has 0 amide bonds. The van der Waals surface area contributed by atoms with Gasteiger partial charge in [-0.1, -0.05) is 0 Å². The van der Waals surface area contributed by atoms with Crippen LogP contribution in [0.4, 0.5) is 0 Å². The number of nitrogens with one attached hydrogen (secondary N) is 1. The number of aromatic amines is 1. The number of hydrogen-bond acceptors (Lipinski definition) is 9. The highest BCUT2D eigenvalue weighted by Gasteiger charge is 2.40. The summed E-state index contributed by atoms with van der Waals surface area (Å²) in [4.78, 5) is 61.2. The highest BCUT2D eigenvalue weighted by molar-refractivity contribution is 7.43. The predicted molar refractivity (Wildman–Crippen MR) is 154 cm³/mol. The van der Waals surface area contributed by atoms with Crippen LogP contribution in [0.3, 0.4) is 0 Å². The second kappa shape index (κ2) is 16.3. The maximum atomic E-state index is 12.8. The lowest BCUT2D eigenvalue weighted by Gasteiger charge is -2.40. The Morgan fingerprint density at radius 3 is 2.14 bits per heavy atom. The third-order valence-corrected chi connectivity index (χ3v) is 9.66. The van der Waals surface area contributed by atoms with Gasteiger partial charge in [0.15, 0.2) is 0 Å². The molecule has 0 saturated carbocycles. The quantitative estimate of drug-likeness (QED) is 0.104. The number of rotatable bonds is 19. The Hall–Kier alpha value is -1.86. The zero-order valence-corrected chi connectivity index (χ0v) is 27.1. The SMILES string of the molecule is CC[N+](CC)(CC)CCC[N+](CC)(CC)CCCCC(=O)OC1CC(n2cc(C)c(=O)[nH]c2=O)OC1COP(=O)([O-])[O-]. The second-order valence-electron chi connectivity index (χ2n) is 11.4. The molecular formula is C28H51N4O9P. The lowest BCUT2D eigenvalue weighted by atomic mass is 10.1. The van der Waals surface area contributed by atoms with E-state index in [4.69, 9.17) is 9.47 Å². The molecule has 0 aliphatic carbocycles. The molecular weight excluding hydrogens is 567 g/mol.